The zero-order valence-electron chi connectivity index (χ0n) is 16.3. The van der Waals surface area contributed by atoms with Gasteiger partial charge in [-0.05, 0) is 36.5 Å². The summed E-state index contributed by atoms with van der Waals surface area (Å²) in [5, 5.41) is 14.4. The molecule has 1 fully saturated rings. The molecule has 11 heteroatoms. The van der Waals surface area contributed by atoms with Gasteiger partial charge in [-0.2, -0.15) is 0 Å². The Bertz CT molecular complexity index is 1160. The molecule has 0 bridgehead atoms. The molecule has 1 aliphatic rings. The quantitative estimate of drug-likeness (QED) is 0.155. The molecular weight excluding hydrogens is 477 g/mol. The van der Waals surface area contributed by atoms with Crippen LogP contribution in [0, 0.1) is 10.1 Å². The molecule has 2 amide bonds. The first kappa shape index (κ1) is 23.4. The van der Waals surface area contributed by atoms with Gasteiger partial charge in [-0.3, -0.25) is 29.9 Å². The average Bonchev–Trinajstić information content (AvgIpc) is 2.74. The van der Waals surface area contributed by atoms with Gasteiger partial charge in [-0.1, -0.05) is 35.3 Å². The first-order chi connectivity index (χ1) is 15.2. The third kappa shape index (κ3) is 4.96. The van der Waals surface area contributed by atoms with Gasteiger partial charge in [0.1, 0.15) is 17.9 Å². The molecule has 0 saturated carbocycles. The Hall–Kier alpha value is -3.27. The number of hydrogen-bond acceptors (Lipinski definition) is 6. The number of nitrogens with zero attached hydrogens (tertiary/aromatic N) is 2. The molecule has 0 unspecified atom stereocenters. The van der Waals surface area contributed by atoms with Crippen molar-refractivity contribution >= 4 is 64.1 Å². The highest BCUT2D eigenvalue weighted by Crippen LogP contribution is 2.30. The number of benzene rings is 2. The van der Waals surface area contributed by atoms with Crippen molar-refractivity contribution in [2.75, 3.05) is 6.54 Å². The largest absolute Gasteiger partial charge is 0.488 e. The predicted molar refractivity (Wildman–Crippen MR) is 125 cm³/mol. The maximum Gasteiger partial charge on any atom is 0.270 e. The van der Waals surface area contributed by atoms with Crippen molar-refractivity contribution in [2.24, 2.45) is 0 Å². The Morgan fingerprint density at radius 2 is 1.91 bits per heavy atom. The van der Waals surface area contributed by atoms with E-state index in [1.165, 1.54) is 30.4 Å². The van der Waals surface area contributed by atoms with Crippen LogP contribution in [0.25, 0.3) is 6.08 Å². The minimum Gasteiger partial charge on any atom is -0.488 e. The van der Waals surface area contributed by atoms with E-state index in [4.69, 9.17) is 40.2 Å². The smallest absolute Gasteiger partial charge is 0.270 e. The predicted octanol–water partition coefficient (Wildman–Crippen LogP) is 4.29. The van der Waals surface area contributed by atoms with Crippen LogP contribution in [-0.2, 0) is 16.2 Å². The lowest BCUT2D eigenvalue weighted by Gasteiger charge is -2.27. The van der Waals surface area contributed by atoms with Gasteiger partial charge in [0.05, 0.1) is 4.92 Å². The Kier molecular flexibility index (Phi) is 7.24. The monoisotopic (exact) mass is 491 g/mol. The number of nitro benzene ring substituents is 1. The second-order valence-electron chi connectivity index (χ2n) is 6.49. The molecule has 0 spiro atoms. The van der Waals surface area contributed by atoms with Crippen LogP contribution in [-0.4, -0.2) is 33.3 Å². The number of rotatable bonds is 7. The summed E-state index contributed by atoms with van der Waals surface area (Å²) in [4.78, 5) is 37.0. The summed E-state index contributed by atoms with van der Waals surface area (Å²) in [7, 11) is 0. The van der Waals surface area contributed by atoms with Crippen molar-refractivity contribution in [1.29, 1.82) is 0 Å². The highest BCUT2D eigenvalue weighted by atomic mass is 35.5. The van der Waals surface area contributed by atoms with Gasteiger partial charge < -0.3 is 4.74 Å². The van der Waals surface area contributed by atoms with Crippen molar-refractivity contribution in [2.45, 2.75) is 6.61 Å². The van der Waals surface area contributed by atoms with Gasteiger partial charge in [-0.25, -0.2) is 0 Å². The summed E-state index contributed by atoms with van der Waals surface area (Å²) < 4.78 is 5.79. The topological polar surface area (TPSA) is 102 Å². The van der Waals surface area contributed by atoms with Crippen LogP contribution in [0.2, 0.25) is 10.0 Å². The zero-order chi connectivity index (χ0) is 23.4. The lowest BCUT2D eigenvalue weighted by Crippen LogP contribution is -2.53. The molecule has 0 aliphatic carbocycles. The molecule has 32 heavy (non-hydrogen) atoms. The maximum atomic E-state index is 12.8. The lowest BCUT2D eigenvalue weighted by molar-refractivity contribution is -0.384. The van der Waals surface area contributed by atoms with Crippen LogP contribution >= 0.6 is 35.4 Å². The zero-order valence-corrected chi connectivity index (χ0v) is 18.7. The van der Waals surface area contributed by atoms with Crippen molar-refractivity contribution in [3.05, 3.63) is 85.9 Å². The number of carbonyl (C=O) groups excluding carboxylic acids is 2. The fraction of sp³-hybridized carbons (Fsp3) is 0.0952. The van der Waals surface area contributed by atoms with Gasteiger partial charge in [0.2, 0.25) is 0 Å². The summed E-state index contributed by atoms with van der Waals surface area (Å²) in [5.74, 6) is -1.21. The van der Waals surface area contributed by atoms with E-state index in [1.54, 1.807) is 18.2 Å². The van der Waals surface area contributed by atoms with Gasteiger partial charge in [0.15, 0.2) is 5.11 Å². The number of nitrogens with one attached hydrogen (secondary N) is 1. The van der Waals surface area contributed by atoms with Gasteiger partial charge in [0, 0.05) is 39.8 Å². The summed E-state index contributed by atoms with van der Waals surface area (Å²) in [6.45, 7) is 3.60. The van der Waals surface area contributed by atoms with E-state index in [0.717, 1.165) is 4.90 Å². The Balaban J connectivity index is 2.02. The summed E-state index contributed by atoms with van der Waals surface area (Å²) in [6, 6.07) is 8.78. The van der Waals surface area contributed by atoms with E-state index in [1.807, 2.05) is 0 Å². The van der Waals surface area contributed by atoms with E-state index in [-0.39, 0.29) is 40.8 Å². The molecule has 1 saturated heterocycles. The second kappa shape index (κ2) is 9.90. The van der Waals surface area contributed by atoms with Gasteiger partial charge >= 0.3 is 0 Å². The van der Waals surface area contributed by atoms with Crippen LogP contribution in [0.5, 0.6) is 5.75 Å². The standard InChI is InChI=1S/C21H15Cl2N3O5S/c1-2-8-25-20(28)14(19(27)24-21(25)32)10-12-9-13(26(29)30)6-7-18(12)31-11-15-16(22)4-3-5-17(15)23/h2-7,9-10H,1,8,11H2,(H,24,27,32). The van der Waals surface area contributed by atoms with Crippen LogP contribution in [0.4, 0.5) is 5.69 Å². The molecule has 2 aromatic rings. The normalized spacial score (nSPS) is 15.0. The van der Waals surface area contributed by atoms with Crippen LogP contribution in [0.15, 0.2) is 54.6 Å². The highest BCUT2D eigenvalue weighted by Gasteiger charge is 2.33. The Morgan fingerprint density at radius 1 is 1.22 bits per heavy atom. The number of ether oxygens (including phenoxy) is 1. The molecule has 1 heterocycles. The van der Waals surface area contributed by atoms with Crippen molar-refractivity contribution in [3.63, 3.8) is 0 Å². The third-order valence-corrected chi connectivity index (χ3v) is 5.47. The molecule has 0 radical (unpaired) electrons. The third-order valence-electron chi connectivity index (χ3n) is 4.44. The summed E-state index contributed by atoms with van der Waals surface area (Å²) in [5.41, 5.74) is 0.151. The number of amides is 2. The van der Waals surface area contributed by atoms with E-state index in [9.17, 15) is 19.7 Å². The molecule has 0 aromatic heterocycles. The van der Waals surface area contributed by atoms with Crippen molar-refractivity contribution < 1.29 is 19.2 Å². The first-order valence-corrected chi connectivity index (χ1v) is 10.2. The van der Waals surface area contributed by atoms with E-state index in [2.05, 4.69) is 11.9 Å². The molecule has 3 rings (SSSR count). The van der Waals surface area contributed by atoms with Crippen LogP contribution in [0.1, 0.15) is 11.1 Å². The van der Waals surface area contributed by atoms with E-state index < -0.39 is 16.7 Å². The van der Waals surface area contributed by atoms with E-state index >= 15 is 0 Å². The molecule has 1 aliphatic heterocycles. The summed E-state index contributed by atoms with van der Waals surface area (Å²) >= 11 is 17.4. The number of carbonyl (C=O) groups is 2. The second-order valence-corrected chi connectivity index (χ2v) is 7.69. The Morgan fingerprint density at radius 3 is 2.53 bits per heavy atom. The maximum absolute atomic E-state index is 12.8. The molecule has 2 aromatic carbocycles. The Labute approximate surface area is 198 Å². The molecule has 8 nitrogen and oxygen atoms in total. The minimum absolute atomic E-state index is 0.0424. The minimum atomic E-state index is -0.730. The fourth-order valence-corrected chi connectivity index (χ4v) is 3.61. The number of halogens is 2. The molecule has 1 N–H and O–H groups in total. The van der Waals surface area contributed by atoms with Crippen molar-refractivity contribution in [1.82, 2.24) is 10.2 Å². The lowest BCUT2D eigenvalue weighted by atomic mass is 10.1. The number of hydrogen-bond donors (Lipinski definition) is 1. The van der Waals surface area contributed by atoms with E-state index in [0.29, 0.717) is 15.6 Å². The van der Waals surface area contributed by atoms with Crippen LogP contribution < -0.4 is 10.1 Å². The first-order valence-electron chi connectivity index (χ1n) is 9.06. The molecular formula is C21H15Cl2N3O5S. The number of thiocarbonyl (C=S) groups is 1. The van der Waals surface area contributed by atoms with Crippen molar-refractivity contribution in [3.8, 4) is 5.75 Å². The average molecular weight is 492 g/mol. The fourth-order valence-electron chi connectivity index (χ4n) is 2.86. The number of nitro groups is 1. The highest BCUT2D eigenvalue weighted by molar-refractivity contribution is 7.80. The van der Waals surface area contributed by atoms with Gasteiger partial charge in [-0.15, -0.1) is 6.58 Å². The summed E-state index contributed by atoms with van der Waals surface area (Å²) in [6.07, 6.45) is 2.67. The van der Waals surface area contributed by atoms with Gasteiger partial charge in [0.25, 0.3) is 17.5 Å². The van der Waals surface area contributed by atoms with Crippen LogP contribution in [0.3, 0.4) is 0 Å². The molecule has 0 atom stereocenters. The number of non-ortho nitro benzene ring substituents is 1. The SMILES string of the molecule is C=CCN1C(=O)C(=Cc2cc([N+](=O)[O-])ccc2OCc2c(Cl)cccc2Cl)C(=O)NC1=S. The molecule has 164 valence electrons.